The maximum atomic E-state index is 13.7. The van der Waals surface area contributed by atoms with Crippen LogP contribution in [0.4, 0.5) is 0 Å². The van der Waals surface area contributed by atoms with Crippen molar-refractivity contribution in [3.63, 3.8) is 0 Å². The summed E-state index contributed by atoms with van der Waals surface area (Å²) in [5.41, 5.74) is 0.625. The minimum absolute atomic E-state index is 0.0779. The molecule has 0 bridgehead atoms. The molecule has 260 valence electrons. The molecule has 1 amide bonds. The number of aliphatic hydroxyl groups excluding tert-OH is 6. The van der Waals surface area contributed by atoms with Gasteiger partial charge in [-0.15, -0.1) is 0 Å². The second-order valence-electron chi connectivity index (χ2n) is 11.4. The Hall–Kier alpha value is -3.56. The summed E-state index contributed by atoms with van der Waals surface area (Å²) in [5, 5.41) is 72.4. The lowest BCUT2D eigenvalue weighted by molar-refractivity contribution is -0.186. The van der Waals surface area contributed by atoms with Gasteiger partial charge in [-0.05, 0) is 48.6 Å². The van der Waals surface area contributed by atoms with Gasteiger partial charge in [0.2, 0.25) is 21.8 Å². The van der Waals surface area contributed by atoms with Gasteiger partial charge in [-0.1, -0.05) is 43.2 Å². The number of nitrogens with one attached hydrogen (secondary N) is 2. The van der Waals surface area contributed by atoms with E-state index in [2.05, 4.69) is 20.0 Å². The van der Waals surface area contributed by atoms with E-state index in [0.717, 1.165) is 12.8 Å². The SMILES string of the molecule is O=C(N[C@@H](CC1CC1)B(O)OC(O)[C@@H](O)[C@@H](O)[C@H](O)[C@H](O)CO)[C@H](Cc1ccccc1)NS(=O)(=O)c1ccc(Oc2cnccn2)cc1. The van der Waals surface area contributed by atoms with Crippen LogP contribution < -0.4 is 14.8 Å². The Labute approximate surface area is 277 Å². The highest BCUT2D eigenvalue weighted by Crippen LogP contribution is 2.34. The molecular weight excluding hydrogens is 651 g/mol. The lowest BCUT2D eigenvalue weighted by atomic mass is 9.75. The van der Waals surface area contributed by atoms with E-state index in [9.17, 15) is 43.8 Å². The third-order valence-corrected chi connectivity index (χ3v) is 9.09. The van der Waals surface area contributed by atoms with Crippen LogP contribution in [-0.2, 0) is 25.9 Å². The van der Waals surface area contributed by atoms with Gasteiger partial charge in [0.25, 0.3) is 0 Å². The van der Waals surface area contributed by atoms with Crippen molar-refractivity contribution in [2.45, 2.75) is 73.3 Å². The lowest BCUT2D eigenvalue weighted by Gasteiger charge is -2.30. The molecule has 2 aromatic carbocycles. The Balaban J connectivity index is 1.48. The average molecular weight is 691 g/mol. The van der Waals surface area contributed by atoms with E-state index in [0.29, 0.717) is 11.3 Å². The summed E-state index contributed by atoms with van der Waals surface area (Å²) in [6.07, 6.45) is -4.66. The number of carbonyl (C=O) groups is 1. The smallest absolute Gasteiger partial charge is 0.438 e. The molecule has 1 unspecified atom stereocenters. The number of nitrogens with zero attached hydrogens (tertiary/aromatic N) is 2. The number of ether oxygens (including phenoxy) is 1. The van der Waals surface area contributed by atoms with Crippen LogP contribution in [0.2, 0.25) is 0 Å². The standard InChI is InChI=1S/C30H39BN4O12S/c36-17-23(37)26(38)27(39)28(40)30(42)47-31(43)24(15-19-6-7-19)34-29(41)22(14-18-4-2-1-3-5-18)35-48(44,45)21-10-8-20(9-11-21)46-25-16-32-12-13-33-25/h1-5,8-13,16,19,22-24,26-28,30,35-40,42-43H,6-7,14-15,17H2,(H,34,41)/t22-,23+,24-,26+,27-,28-,30?/m0/s1. The first kappa shape index (κ1) is 37.3. The van der Waals surface area contributed by atoms with Crippen LogP contribution >= 0.6 is 0 Å². The number of hydrogen-bond donors (Lipinski definition) is 9. The molecule has 48 heavy (non-hydrogen) atoms. The van der Waals surface area contributed by atoms with Crippen LogP contribution in [0.15, 0.2) is 78.1 Å². The molecule has 16 nitrogen and oxygen atoms in total. The molecule has 9 N–H and O–H groups in total. The Morgan fingerprint density at radius 3 is 2.25 bits per heavy atom. The number of hydrogen-bond acceptors (Lipinski definition) is 14. The molecule has 7 atom stereocenters. The second-order valence-corrected chi connectivity index (χ2v) is 13.1. The Bertz CT molecular complexity index is 1540. The summed E-state index contributed by atoms with van der Waals surface area (Å²) in [5.74, 6) is -1.44. The van der Waals surface area contributed by atoms with Crippen molar-refractivity contribution < 1.29 is 58.3 Å². The fourth-order valence-corrected chi connectivity index (χ4v) is 5.90. The van der Waals surface area contributed by atoms with Gasteiger partial charge < -0.3 is 50.4 Å². The van der Waals surface area contributed by atoms with Crippen LogP contribution in [0.5, 0.6) is 11.6 Å². The van der Waals surface area contributed by atoms with E-state index in [1.165, 1.54) is 42.9 Å². The summed E-state index contributed by atoms with van der Waals surface area (Å²) in [4.78, 5) is 21.4. The molecule has 18 heteroatoms. The summed E-state index contributed by atoms with van der Waals surface area (Å²) in [6.45, 7) is -0.947. The van der Waals surface area contributed by atoms with E-state index < -0.39 is 72.3 Å². The molecule has 3 aromatic rings. The van der Waals surface area contributed by atoms with Crippen molar-refractivity contribution in [1.29, 1.82) is 0 Å². The summed E-state index contributed by atoms with van der Waals surface area (Å²) < 4.78 is 40.0. The van der Waals surface area contributed by atoms with Gasteiger partial charge in [-0.3, -0.25) is 9.78 Å². The zero-order chi connectivity index (χ0) is 34.8. The number of sulfonamides is 1. The van der Waals surface area contributed by atoms with Gasteiger partial charge >= 0.3 is 7.12 Å². The molecule has 1 saturated carbocycles. The quantitative estimate of drug-likeness (QED) is 0.0499. The summed E-state index contributed by atoms with van der Waals surface area (Å²) in [7, 11) is -6.25. The van der Waals surface area contributed by atoms with Crippen LogP contribution in [0.25, 0.3) is 0 Å². The third-order valence-electron chi connectivity index (χ3n) is 7.60. The molecule has 4 rings (SSSR count). The van der Waals surface area contributed by atoms with E-state index in [1.807, 2.05) is 0 Å². The molecule has 0 radical (unpaired) electrons. The molecule has 1 aromatic heterocycles. The predicted octanol–water partition coefficient (Wildman–Crippen LogP) is -1.77. The highest BCUT2D eigenvalue weighted by molar-refractivity contribution is 7.89. The molecule has 1 aliphatic rings. The van der Waals surface area contributed by atoms with Crippen LogP contribution in [0, 0.1) is 5.92 Å². The number of carbonyl (C=O) groups excluding carboxylic acids is 1. The third kappa shape index (κ3) is 10.7. The van der Waals surface area contributed by atoms with Gasteiger partial charge in [-0.2, -0.15) is 4.72 Å². The highest BCUT2D eigenvalue weighted by Gasteiger charge is 2.41. The lowest BCUT2D eigenvalue weighted by Crippen LogP contribution is -2.57. The highest BCUT2D eigenvalue weighted by atomic mass is 32.2. The van der Waals surface area contributed by atoms with Crippen LogP contribution in [-0.4, -0.2) is 116 Å². The fraction of sp³-hybridized carbons (Fsp3) is 0.433. The zero-order valence-corrected chi connectivity index (χ0v) is 26.5. The molecule has 1 heterocycles. The van der Waals surface area contributed by atoms with E-state index in [1.54, 1.807) is 30.3 Å². The second kappa shape index (κ2) is 17.2. The number of aliphatic hydroxyl groups is 6. The molecule has 1 fully saturated rings. The Kier molecular flexibility index (Phi) is 13.4. The van der Waals surface area contributed by atoms with Gasteiger partial charge in [0.15, 0.2) is 6.29 Å². The molecule has 1 aliphatic carbocycles. The largest absolute Gasteiger partial charge is 0.480 e. The van der Waals surface area contributed by atoms with Crippen molar-refractivity contribution in [3.8, 4) is 11.6 Å². The van der Waals surface area contributed by atoms with Gasteiger partial charge in [0.1, 0.15) is 36.2 Å². The monoisotopic (exact) mass is 690 g/mol. The molecular formula is C30H39BN4O12S. The minimum Gasteiger partial charge on any atom is -0.438 e. The van der Waals surface area contributed by atoms with Crippen LogP contribution in [0.1, 0.15) is 24.8 Å². The minimum atomic E-state index is -4.29. The Morgan fingerprint density at radius 1 is 0.958 bits per heavy atom. The number of benzene rings is 2. The summed E-state index contributed by atoms with van der Waals surface area (Å²) >= 11 is 0. The van der Waals surface area contributed by atoms with E-state index in [-0.39, 0.29) is 29.5 Å². The van der Waals surface area contributed by atoms with Gasteiger partial charge in [-0.25, -0.2) is 13.4 Å². The van der Waals surface area contributed by atoms with Crippen LogP contribution in [0.3, 0.4) is 0 Å². The molecule has 0 aliphatic heterocycles. The zero-order valence-electron chi connectivity index (χ0n) is 25.6. The van der Waals surface area contributed by atoms with Crippen molar-refractivity contribution in [2.24, 2.45) is 5.92 Å². The predicted molar refractivity (Wildman–Crippen MR) is 168 cm³/mol. The fourth-order valence-electron chi connectivity index (χ4n) is 4.71. The van der Waals surface area contributed by atoms with Gasteiger partial charge in [0.05, 0.1) is 23.6 Å². The number of amides is 1. The molecule has 0 spiro atoms. The van der Waals surface area contributed by atoms with Crippen molar-refractivity contribution in [3.05, 3.63) is 78.8 Å². The average Bonchev–Trinajstić information content (AvgIpc) is 3.91. The van der Waals surface area contributed by atoms with E-state index >= 15 is 0 Å². The first-order chi connectivity index (χ1) is 22.9. The van der Waals surface area contributed by atoms with Crippen molar-refractivity contribution >= 4 is 23.0 Å². The topological polar surface area (TPSA) is 261 Å². The molecule has 0 saturated heterocycles. The maximum Gasteiger partial charge on any atom is 0.480 e. The number of rotatable bonds is 19. The summed E-state index contributed by atoms with van der Waals surface area (Å²) in [6, 6.07) is 12.6. The van der Waals surface area contributed by atoms with Crippen molar-refractivity contribution in [1.82, 2.24) is 20.0 Å². The first-order valence-corrected chi connectivity index (χ1v) is 16.6. The maximum absolute atomic E-state index is 13.7. The van der Waals surface area contributed by atoms with E-state index in [4.69, 9.17) is 14.5 Å². The van der Waals surface area contributed by atoms with Gasteiger partial charge in [0, 0.05) is 12.4 Å². The Morgan fingerprint density at radius 2 is 1.65 bits per heavy atom. The number of aromatic nitrogens is 2. The van der Waals surface area contributed by atoms with Crippen molar-refractivity contribution in [2.75, 3.05) is 6.61 Å². The normalized spacial score (nSPS) is 17.7. The first-order valence-electron chi connectivity index (χ1n) is 15.1.